The van der Waals surface area contributed by atoms with Gasteiger partial charge in [0.15, 0.2) is 0 Å². The Balaban J connectivity index is 0.000000273. The van der Waals surface area contributed by atoms with Crippen molar-refractivity contribution in [3.05, 3.63) is 92.5 Å². The van der Waals surface area contributed by atoms with Crippen LogP contribution in [0.25, 0.3) is 0 Å². The van der Waals surface area contributed by atoms with Crippen molar-refractivity contribution in [2.24, 2.45) is 0 Å². The summed E-state index contributed by atoms with van der Waals surface area (Å²) in [6.07, 6.45) is 2.38. The van der Waals surface area contributed by atoms with Gasteiger partial charge >= 0.3 is 0 Å². The highest BCUT2D eigenvalue weighted by Crippen LogP contribution is 2.14. The standard InChI is InChI=1S/C11H14N2O2.C7H5NO3/c1-3-7-12(2)9-10-5-4-6-11(8-10)13(14)15;9-5-6-2-1-3-7(4-6)8(10)11/h3-6,8H,1,7,9H2,2H3;1-5H. The number of benzene rings is 2. The fourth-order valence-corrected chi connectivity index (χ4v) is 2.08. The Hall–Kier alpha value is -3.39. The predicted molar refractivity (Wildman–Crippen MR) is 98.1 cm³/mol. The highest BCUT2D eigenvalue weighted by Gasteiger charge is 2.06. The third-order valence-corrected chi connectivity index (χ3v) is 3.23. The first-order valence-electron chi connectivity index (χ1n) is 7.59. The van der Waals surface area contributed by atoms with E-state index in [0.717, 1.165) is 12.1 Å². The molecule has 0 saturated carbocycles. The van der Waals surface area contributed by atoms with Crippen molar-refractivity contribution in [3.63, 3.8) is 0 Å². The van der Waals surface area contributed by atoms with Crippen molar-refractivity contribution in [3.8, 4) is 0 Å². The average Bonchev–Trinajstić information content (AvgIpc) is 2.62. The molecule has 2 aromatic carbocycles. The zero-order valence-electron chi connectivity index (χ0n) is 14.3. The second kappa shape index (κ2) is 10.5. The molecule has 0 spiro atoms. The molecule has 136 valence electrons. The Morgan fingerprint density at radius 3 is 2.15 bits per heavy atom. The average molecular weight is 357 g/mol. The minimum Gasteiger partial charge on any atom is -0.298 e. The molecule has 0 bridgehead atoms. The molecule has 8 nitrogen and oxygen atoms in total. The Kier molecular flexibility index (Phi) is 8.32. The maximum atomic E-state index is 10.5. The molecule has 0 amide bonds. The zero-order chi connectivity index (χ0) is 19.5. The Morgan fingerprint density at radius 2 is 1.62 bits per heavy atom. The van der Waals surface area contributed by atoms with E-state index in [1.54, 1.807) is 18.2 Å². The van der Waals surface area contributed by atoms with Gasteiger partial charge in [-0.05, 0) is 12.6 Å². The third-order valence-electron chi connectivity index (χ3n) is 3.23. The maximum absolute atomic E-state index is 10.5. The van der Waals surface area contributed by atoms with Crippen molar-refractivity contribution >= 4 is 17.7 Å². The maximum Gasteiger partial charge on any atom is 0.270 e. The van der Waals surface area contributed by atoms with Gasteiger partial charge < -0.3 is 0 Å². The molecular formula is C18H19N3O5. The minimum atomic E-state index is -0.535. The molecule has 0 saturated heterocycles. The van der Waals surface area contributed by atoms with Gasteiger partial charge in [0.25, 0.3) is 11.4 Å². The number of non-ortho nitro benzene ring substituents is 2. The highest BCUT2D eigenvalue weighted by atomic mass is 16.6. The monoisotopic (exact) mass is 357 g/mol. The van der Waals surface area contributed by atoms with Gasteiger partial charge in [0.05, 0.1) is 9.85 Å². The van der Waals surface area contributed by atoms with Crippen LogP contribution in [0.15, 0.2) is 61.2 Å². The lowest BCUT2D eigenvalue weighted by molar-refractivity contribution is -0.385. The number of rotatable bonds is 7. The molecule has 0 atom stereocenters. The fourth-order valence-electron chi connectivity index (χ4n) is 2.08. The van der Waals surface area contributed by atoms with Crippen LogP contribution >= 0.6 is 0 Å². The molecule has 0 unspecified atom stereocenters. The number of nitro groups is 2. The molecule has 2 aromatic rings. The first-order valence-corrected chi connectivity index (χ1v) is 7.59. The number of nitrogens with zero attached hydrogens (tertiary/aromatic N) is 3. The van der Waals surface area contributed by atoms with E-state index in [-0.39, 0.29) is 16.3 Å². The summed E-state index contributed by atoms with van der Waals surface area (Å²) in [4.78, 5) is 32.0. The van der Waals surface area contributed by atoms with Crippen molar-refractivity contribution in [1.29, 1.82) is 0 Å². The second-order valence-electron chi connectivity index (χ2n) is 5.38. The first kappa shape index (κ1) is 20.7. The Labute approximate surface area is 150 Å². The van der Waals surface area contributed by atoms with Gasteiger partial charge in [0.2, 0.25) is 0 Å². The molecule has 0 radical (unpaired) electrons. The zero-order valence-corrected chi connectivity index (χ0v) is 14.3. The molecular weight excluding hydrogens is 338 g/mol. The number of hydrogen-bond acceptors (Lipinski definition) is 6. The lowest BCUT2D eigenvalue weighted by Crippen LogP contribution is -2.17. The number of hydrogen-bond donors (Lipinski definition) is 0. The normalized spacial score (nSPS) is 9.77. The Bertz CT molecular complexity index is 792. The molecule has 0 aromatic heterocycles. The lowest BCUT2D eigenvalue weighted by atomic mass is 10.2. The summed E-state index contributed by atoms with van der Waals surface area (Å²) in [6, 6.07) is 12.2. The van der Waals surface area contributed by atoms with E-state index in [1.807, 2.05) is 18.0 Å². The second-order valence-corrected chi connectivity index (χ2v) is 5.38. The smallest absolute Gasteiger partial charge is 0.270 e. The predicted octanol–water partition coefficient (Wildman–Crippen LogP) is 3.62. The summed E-state index contributed by atoms with van der Waals surface area (Å²) in [6.45, 7) is 5.09. The fraction of sp³-hybridized carbons (Fsp3) is 0.167. The number of carbonyl (C=O) groups is 1. The quantitative estimate of drug-likeness (QED) is 0.324. The van der Waals surface area contributed by atoms with Crippen LogP contribution in [0.4, 0.5) is 11.4 Å². The molecule has 0 heterocycles. The largest absolute Gasteiger partial charge is 0.298 e. The summed E-state index contributed by atoms with van der Waals surface area (Å²) in [5, 5.41) is 20.7. The summed E-state index contributed by atoms with van der Waals surface area (Å²) < 4.78 is 0. The number of carbonyl (C=O) groups excluding carboxylic acids is 1. The molecule has 0 aliphatic heterocycles. The van der Waals surface area contributed by atoms with Crippen LogP contribution in [0.2, 0.25) is 0 Å². The molecule has 8 heteroatoms. The van der Waals surface area contributed by atoms with E-state index < -0.39 is 4.92 Å². The van der Waals surface area contributed by atoms with Crippen LogP contribution in [0, 0.1) is 20.2 Å². The summed E-state index contributed by atoms with van der Waals surface area (Å²) >= 11 is 0. The summed E-state index contributed by atoms with van der Waals surface area (Å²) in [5.74, 6) is 0. The molecule has 26 heavy (non-hydrogen) atoms. The molecule has 0 aliphatic carbocycles. The Morgan fingerprint density at radius 1 is 1.04 bits per heavy atom. The van der Waals surface area contributed by atoms with Gasteiger partial charge in [0.1, 0.15) is 6.29 Å². The minimum absolute atomic E-state index is 0.0606. The van der Waals surface area contributed by atoms with E-state index in [1.165, 1.54) is 30.3 Å². The van der Waals surface area contributed by atoms with Crippen molar-refractivity contribution < 1.29 is 14.6 Å². The van der Waals surface area contributed by atoms with E-state index in [4.69, 9.17) is 0 Å². The van der Waals surface area contributed by atoms with Crippen molar-refractivity contribution in [2.45, 2.75) is 6.54 Å². The highest BCUT2D eigenvalue weighted by molar-refractivity contribution is 5.75. The summed E-state index contributed by atoms with van der Waals surface area (Å²) in [5.41, 5.74) is 1.34. The van der Waals surface area contributed by atoms with Crippen LogP contribution < -0.4 is 0 Å². The van der Waals surface area contributed by atoms with E-state index in [0.29, 0.717) is 18.4 Å². The van der Waals surface area contributed by atoms with Crippen molar-refractivity contribution in [1.82, 2.24) is 4.90 Å². The van der Waals surface area contributed by atoms with Crippen LogP contribution in [-0.2, 0) is 6.54 Å². The van der Waals surface area contributed by atoms with Gasteiger partial charge in [-0.1, -0.05) is 30.3 Å². The lowest BCUT2D eigenvalue weighted by Gasteiger charge is -2.13. The van der Waals surface area contributed by atoms with Gasteiger partial charge in [-0.3, -0.25) is 29.9 Å². The number of likely N-dealkylation sites (N-methyl/N-ethyl adjacent to an activating group) is 1. The number of nitro benzene ring substituents is 2. The third kappa shape index (κ3) is 7.02. The van der Waals surface area contributed by atoms with Crippen LogP contribution in [0.1, 0.15) is 15.9 Å². The molecule has 0 aliphatic rings. The molecule has 0 fully saturated rings. The molecule has 0 N–H and O–H groups in total. The number of aldehydes is 1. The van der Waals surface area contributed by atoms with E-state index in [9.17, 15) is 25.0 Å². The first-order chi connectivity index (χ1) is 12.4. The van der Waals surface area contributed by atoms with Gasteiger partial charge in [-0.2, -0.15) is 0 Å². The SMILES string of the molecule is C=CCN(C)Cc1cccc([N+](=O)[O-])c1.O=Cc1cccc([N+](=O)[O-])c1. The van der Waals surface area contributed by atoms with Crippen molar-refractivity contribution in [2.75, 3.05) is 13.6 Å². The topological polar surface area (TPSA) is 107 Å². The van der Waals surface area contributed by atoms with Gasteiger partial charge in [0, 0.05) is 42.9 Å². The van der Waals surface area contributed by atoms with E-state index in [2.05, 4.69) is 6.58 Å². The summed E-state index contributed by atoms with van der Waals surface area (Å²) in [7, 11) is 1.94. The van der Waals surface area contributed by atoms with Gasteiger partial charge in [-0.15, -0.1) is 6.58 Å². The van der Waals surface area contributed by atoms with Gasteiger partial charge in [-0.25, -0.2) is 0 Å². The van der Waals surface area contributed by atoms with E-state index >= 15 is 0 Å². The van der Waals surface area contributed by atoms with Crippen LogP contribution in [0.5, 0.6) is 0 Å². The van der Waals surface area contributed by atoms with Crippen LogP contribution in [-0.4, -0.2) is 34.6 Å². The molecule has 2 rings (SSSR count). The van der Waals surface area contributed by atoms with Crippen LogP contribution in [0.3, 0.4) is 0 Å².